The summed E-state index contributed by atoms with van der Waals surface area (Å²) in [5.74, 6) is 2.50. The van der Waals surface area contributed by atoms with Gasteiger partial charge in [0.1, 0.15) is 0 Å². The molecular weight excluding hydrogens is 486 g/mol. The molecular formula is C33H43N3O3. The highest BCUT2D eigenvalue weighted by Crippen LogP contribution is 2.74. The number of carbonyl (C=O) groups excluding carboxylic acids is 2. The number of aryl methyl sites for hydroxylation is 1. The quantitative estimate of drug-likeness (QED) is 0.364. The molecule has 0 amide bonds. The van der Waals surface area contributed by atoms with Crippen molar-refractivity contribution >= 4 is 11.6 Å². The van der Waals surface area contributed by atoms with Crippen molar-refractivity contribution in [2.24, 2.45) is 51.2 Å². The molecule has 1 heterocycles. The van der Waals surface area contributed by atoms with Crippen molar-refractivity contribution in [1.29, 1.82) is 0 Å². The van der Waals surface area contributed by atoms with Crippen molar-refractivity contribution in [1.82, 2.24) is 10.1 Å². The first kappa shape index (κ1) is 26.7. The summed E-state index contributed by atoms with van der Waals surface area (Å²) in [5.41, 5.74) is -0.460. The van der Waals surface area contributed by atoms with Crippen molar-refractivity contribution in [3.8, 4) is 0 Å². The summed E-state index contributed by atoms with van der Waals surface area (Å²) in [5, 5.41) is 4.48. The molecule has 6 nitrogen and oxygen atoms in total. The maximum absolute atomic E-state index is 14.6. The second-order valence-corrected chi connectivity index (χ2v) is 14.9. The Hall–Kier alpha value is -2.55. The van der Waals surface area contributed by atoms with Crippen LogP contribution in [0, 0.1) is 64.7 Å². The van der Waals surface area contributed by atoms with Crippen molar-refractivity contribution in [2.75, 3.05) is 0 Å². The third kappa shape index (κ3) is 3.08. The lowest BCUT2D eigenvalue weighted by Crippen LogP contribution is -2.66. The van der Waals surface area contributed by atoms with Gasteiger partial charge in [0.05, 0.1) is 6.57 Å². The number of ketones is 2. The molecule has 5 aliphatic rings. The molecule has 0 unspecified atom stereocenters. The molecule has 0 saturated heterocycles. The fourth-order valence-electron chi connectivity index (χ4n) is 10.7. The standard InChI is InChI=1S/C33H43N3O3/c1-18-10-13-33(28-35-20(3)39-36-28)15-14-32(8)26(25(33)19(18)2)22(37)16-24-30(6)17-21(34-9)27(38)29(4,5)23(30)11-12-31(24,32)7/h16-19,23,25-26H,10-15H2,1-8H3/t18-,19+,23+,25+,26-,30+,31-,32-,33+/m1/s1. The zero-order chi connectivity index (χ0) is 28.3. The van der Waals surface area contributed by atoms with Gasteiger partial charge in [0, 0.05) is 29.1 Å². The Kier molecular flexibility index (Phi) is 5.48. The van der Waals surface area contributed by atoms with Crippen molar-refractivity contribution in [2.45, 2.75) is 99.3 Å². The third-order valence-electron chi connectivity index (χ3n) is 13.2. The summed E-state index contributed by atoms with van der Waals surface area (Å²) < 4.78 is 5.52. The molecule has 6 rings (SSSR count). The normalized spacial score (nSPS) is 46.6. The maximum atomic E-state index is 14.6. The first-order valence-corrected chi connectivity index (χ1v) is 14.9. The molecule has 9 atom stereocenters. The Bertz CT molecular complexity index is 1380. The van der Waals surface area contributed by atoms with Crippen LogP contribution in [0.3, 0.4) is 0 Å². The van der Waals surface area contributed by atoms with Crippen molar-refractivity contribution in [3.05, 3.63) is 46.6 Å². The number of rotatable bonds is 1. The second kappa shape index (κ2) is 8.02. The van der Waals surface area contributed by atoms with E-state index in [4.69, 9.17) is 16.1 Å². The Labute approximate surface area is 232 Å². The van der Waals surface area contributed by atoms with E-state index in [0.29, 0.717) is 17.7 Å². The van der Waals surface area contributed by atoms with E-state index in [0.717, 1.165) is 49.9 Å². The Morgan fingerprint density at radius 3 is 2.38 bits per heavy atom. The molecule has 208 valence electrons. The van der Waals surface area contributed by atoms with Gasteiger partial charge in [-0.2, -0.15) is 4.98 Å². The summed E-state index contributed by atoms with van der Waals surface area (Å²) in [4.78, 5) is 36.4. The van der Waals surface area contributed by atoms with Crippen LogP contribution in [-0.4, -0.2) is 21.7 Å². The summed E-state index contributed by atoms with van der Waals surface area (Å²) in [7, 11) is 0. The Balaban J connectivity index is 1.55. The SMILES string of the molecule is [C-]#[N+]C1=C[C@]2(C)C3=CC(=O)[C@@H]4[C@@H]5[C@@H](C)[C@H](C)CC[C@]5(c5noc(C)n5)CC[C@@]4(C)[C@]3(C)CC[C@H]2C(C)(C)C1=O. The fraction of sp³-hybridized carbons (Fsp3) is 0.727. The van der Waals surface area contributed by atoms with Crippen LogP contribution >= 0.6 is 0 Å². The van der Waals surface area contributed by atoms with Crippen LogP contribution in [-0.2, 0) is 15.0 Å². The molecule has 3 saturated carbocycles. The number of fused-ring (bicyclic) bond motifs is 7. The van der Waals surface area contributed by atoms with E-state index >= 15 is 0 Å². The highest BCUT2D eigenvalue weighted by Gasteiger charge is 2.70. The van der Waals surface area contributed by atoms with Crippen LogP contribution in [0.25, 0.3) is 4.85 Å². The van der Waals surface area contributed by atoms with Gasteiger partial charge in [-0.3, -0.25) is 4.79 Å². The van der Waals surface area contributed by atoms with Crippen LogP contribution < -0.4 is 0 Å². The maximum Gasteiger partial charge on any atom is 0.226 e. The Morgan fingerprint density at radius 1 is 1.03 bits per heavy atom. The molecule has 1 aromatic rings. The highest BCUT2D eigenvalue weighted by atomic mass is 16.5. The number of carbonyl (C=O) groups is 2. The van der Waals surface area contributed by atoms with Gasteiger partial charge in [0.25, 0.3) is 0 Å². The molecule has 0 bridgehead atoms. The molecule has 0 aliphatic heterocycles. The molecule has 0 N–H and O–H groups in total. The zero-order valence-corrected chi connectivity index (χ0v) is 24.9. The molecule has 5 aliphatic carbocycles. The van der Waals surface area contributed by atoms with Gasteiger partial charge in [-0.25, -0.2) is 4.85 Å². The van der Waals surface area contributed by atoms with E-state index in [1.54, 1.807) is 0 Å². The van der Waals surface area contributed by atoms with Crippen LogP contribution in [0.5, 0.6) is 0 Å². The number of nitrogens with zero attached hydrogens (tertiary/aromatic N) is 3. The molecule has 3 fully saturated rings. The first-order chi connectivity index (χ1) is 18.2. The van der Waals surface area contributed by atoms with Gasteiger partial charge in [-0.05, 0) is 79.1 Å². The summed E-state index contributed by atoms with van der Waals surface area (Å²) >= 11 is 0. The number of hydrogen-bond donors (Lipinski definition) is 0. The monoisotopic (exact) mass is 529 g/mol. The predicted molar refractivity (Wildman–Crippen MR) is 148 cm³/mol. The molecule has 39 heavy (non-hydrogen) atoms. The molecule has 0 aromatic carbocycles. The van der Waals surface area contributed by atoms with Crippen LogP contribution in [0.4, 0.5) is 0 Å². The van der Waals surface area contributed by atoms with E-state index in [1.807, 2.05) is 32.9 Å². The summed E-state index contributed by atoms with van der Waals surface area (Å²) in [6.45, 7) is 25.3. The van der Waals surface area contributed by atoms with Gasteiger partial charge in [-0.1, -0.05) is 65.3 Å². The van der Waals surface area contributed by atoms with Gasteiger partial charge < -0.3 is 9.32 Å². The zero-order valence-electron chi connectivity index (χ0n) is 24.9. The topological polar surface area (TPSA) is 77.4 Å². The fourth-order valence-corrected chi connectivity index (χ4v) is 10.7. The minimum absolute atomic E-state index is 0.0572. The average Bonchev–Trinajstić information content (AvgIpc) is 3.32. The lowest BCUT2D eigenvalue weighted by Gasteiger charge is -2.69. The van der Waals surface area contributed by atoms with E-state index in [1.165, 1.54) is 0 Å². The summed E-state index contributed by atoms with van der Waals surface area (Å²) in [6.07, 6.45) is 9.73. The molecule has 0 radical (unpaired) electrons. The van der Waals surface area contributed by atoms with E-state index in [-0.39, 0.29) is 51.3 Å². The smallest absolute Gasteiger partial charge is 0.226 e. The third-order valence-corrected chi connectivity index (χ3v) is 13.2. The lowest BCUT2D eigenvalue weighted by atomic mass is 9.34. The largest absolute Gasteiger partial charge is 0.340 e. The van der Waals surface area contributed by atoms with Crippen LogP contribution in [0.15, 0.2) is 27.9 Å². The Morgan fingerprint density at radius 2 is 1.74 bits per heavy atom. The van der Waals surface area contributed by atoms with Crippen LogP contribution in [0.1, 0.15) is 98.7 Å². The second-order valence-electron chi connectivity index (χ2n) is 14.9. The molecule has 1 aromatic heterocycles. The number of Topliss-reactive ketones (excluding diaryl/α,β-unsaturated/α-hetero) is 1. The van der Waals surface area contributed by atoms with Gasteiger partial charge in [-0.15, -0.1) is 0 Å². The van der Waals surface area contributed by atoms with Crippen molar-refractivity contribution in [3.63, 3.8) is 0 Å². The predicted octanol–water partition coefficient (Wildman–Crippen LogP) is 7.06. The van der Waals surface area contributed by atoms with E-state index < -0.39 is 10.8 Å². The van der Waals surface area contributed by atoms with Crippen LogP contribution in [0.2, 0.25) is 0 Å². The number of hydrogen-bond acceptors (Lipinski definition) is 5. The lowest BCUT2D eigenvalue weighted by molar-refractivity contribution is -0.164. The highest BCUT2D eigenvalue weighted by molar-refractivity contribution is 6.03. The van der Waals surface area contributed by atoms with E-state index in [9.17, 15) is 9.59 Å². The summed E-state index contributed by atoms with van der Waals surface area (Å²) in [6, 6.07) is 0. The minimum Gasteiger partial charge on any atom is -0.340 e. The minimum atomic E-state index is -0.641. The average molecular weight is 530 g/mol. The van der Waals surface area contributed by atoms with Gasteiger partial charge in [0.2, 0.25) is 11.6 Å². The van der Waals surface area contributed by atoms with Crippen molar-refractivity contribution < 1.29 is 14.1 Å². The molecule has 6 heteroatoms. The molecule has 0 spiro atoms. The van der Waals surface area contributed by atoms with Gasteiger partial charge >= 0.3 is 0 Å². The number of aromatic nitrogens is 2. The number of allylic oxidation sites excluding steroid dienone is 4. The van der Waals surface area contributed by atoms with E-state index in [2.05, 4.69) is 44.6 Å². The van der Waals surface area contributed by atoms with Gasteiger partial charge in [0.15, 0.2) is 17.4 Å². The first-order valence-electron chi connectivity index (χ1n) is 14.9.